The predicted octanol–water partition coefficient (Wildman–Crippen LogP) is 0.550. The first-order chi connectivity index (χ1) is 8.42. The molecular weight excluding hydrogens is 283 g/mol. The van der Waals surface area contributed by atoms with Crippen LogP contribution in [0.2, 0.25) is 0 Å². The van der Waals surface area contributed by atoms with Crippen LogP contribution >= 0.6 is 23.2 Å². The molecule has 0 radical (unpaired) electrons. The number of halogens is 2. The van der Waals surface area contributed by atoms with Gasteiger partial charge in [-0.2, -0.15) is 0 Å². The number of hydrogen-bond donors (Lipinski definition) is 4. The highest BCUT2D eigenvalue weighted by molar-refractivity contribution is 6.26. The minimum absolute atomic E-state index is 0.306. The first kappa shape index (κ1) is 19.8. The Labute approximate surface area is 116 Å². The lowest BCUT2D eigenvalue weighted by atomic mass is 9.74. The van der Waals surface area contributed by atoms with Crippen molar-refractivity contribution >= 4 is 35.1 Å². The summed E-state index contributed by atoms with van der Waals surface area (Å²) in [6.07, 6.45) is 2.61. The molecule has 1 saturated carbocycles. The first-order valence-corrected chi connectivity index (χ1v) is 6.45. The summed E-state index contributed by atoms with van der Waals surface area (Å²) in [5.41, 5.74) is 10.9. The average Bonchev–Trinajstić information content (AvgIpc) is 2.30. The number of hydrogen-bond acceptors (Lipinski definition) is 4. The molecule has 0 amide bonds. The van der Waals surface area contributed by atoms with Crippen molar-refractivity contribution < 1.29 is 19.8 Å². The van der Waals surface area contributed by atoms with E-state index in [9.17, 15) is 9.59 Å². The third-order valence-electron chi connectivity index (χ3n) is 2.41. The lowest BCUT2D eigenvalue weighted by molar-refractivity contribution is -0.135. The van der Waals surface area contributed by atoms with Gasteiger partial charge in [0.05, 0.1) is 0 Å². The summed E-state index contributed by atoms with van der Waals surface area (Å²) in [6.45, 7) is 1.67. The molecule has 0 saturated heterocycles. The highest BCUT2D eigenvalue weighted by Crippen LogP contribution is 2.31. The maximum absolute atomic E-state index is 9.24. The van der Waals surface area contributed by atoms with Crippen molar-refractivity contribution in [3.63, 3.8) is 0 Å². The van der Waals surface area contributed by atoms with E-state index in [2.05, 4.69) is 0 Å². The molecule has 6 N–H and O–H groups in total. The fraction of sp³-hybridized carbons (Fsp3) is 0.800. The van der Waals surface area contributed by atoms with Crippen molar-refractivity contribution in [2.24, 2.45) is 23.3 Å². The van der Waals surface area contributed by atoms with E-state index in [1.165, 1.54) is 12.8 Å². The second kappa shape index (κ2) is 12.9. The number of alkyl halides is 2. The molecule has 6 nitrogen and oxygen atoms in total. The van der Waals surface area contributed by atoms with Gasteiger partial charge in [0.15, 0.2) is 0 Å². The molecule has 2 atom stereocenters. The Kier molecular flexibility index (Phi) is 14.2. The zero-order chi connectivity index (χ0) is 14.6. The van der Waals surface area contributed by atoms with Crippen molar-refractivity contribution in [3.8, 4) is 0 Å². The Balaban J connectivity index is 0. The van der Waals surface area contributed by atoms with Gasteiger partial charge in [0.25, 0.3) is 0 Å². The van der Waals surface area contributed by atoms with Crippen LogP contribution in [0, 0.1) is 11.8 Å². The molecule has 108 valence electrons. The van der Waals surface area contributed by atoms with Crippen molar-refractivity contribution in [3.05, 3.63) is 0 Å². The topological polar surface area (TPSA) is 127 Å². The highest BCUT2D eigenvalue weighted by Gasteiger charge is 2.27. The lowest BCUT2D eigenvalue weighted by Crippen LogP contribution is -2.36. The molecule has 0 aromatic rings. The predicted molar refractivity (Wildman–Crippen MR) is 71.0 cm³/mol. The molecule has 18 heavy (non-hydrogen) atoms. The summed E-state index contributed by atoms with van der Waals surface area (Å²) < 4.78 is 0. The van der Waals surface area contributed by atoms with Gasteiger partial charge in [0, 0.05) is 0 Å². The summed E-state index contributed by atoms with van der Waals surface area (Å²) in [5.74, 6) is -1.07. The second-order valence-electron chi connectivity index (χ2n) is 3.62. The zero-order valence-electron chi connectivity index (χ0n) is 10.0. The summed E-state index contributed by atoms with van der Waals surface area (Å²) in [6, 6.07) is 0. The molecule has 0 heterocycles. The largest absolute Gasteiger partial charge is 0.480 e. The number of carboxylic acid groups (broad SMARTS) is 2. The maximum Gasteiger partial charge on any atom is 0.318 e. The van der Waals surface area contributed by atoms with E-state index in [0.717, 1.165) is 24.9 Å². The van der Waals surface area contributed by atoms with Crippen LogP contribution in [0.3, 0.4) is 0 Å². The Morgan fingerprint density at radius 2 is 1.17 bits per heavy atom. The number of carbonyl (C=O) groups is 2. The van der Waals surface area contributed by atoms with Crippen LogP contribution in [0.15, 0.2) is 0 Å². The van der Waals surface area contributed by atoms with Gasteiger partial charge in [-0.15, -0.1) is 23.2 Å². The van der Waals surface area contributed by atoms with Gasteiger partial charge in [-0.3, -0.25) is 9.59 Å². The zero-order valence-corrected chi connectivity index (χ0v) is 11.5. The van der Waals surface area contributed by atoms with Crippen LogP contribution in [0.25, 0.3) is 0 Å². The number of rotatable bonds is 4. The van der Waals surface area contributed by atoms with E-state index in [1.54, 1.807) is 0 Å². The number of aliphatic carboxylic acids is 2. The van der Waals surface area contributed by atoms with E-state index in [-0.39, 0.29) is 11.8 Å². The standard InChI is InChI=1S/C6H14N2.2C2H3ClO2/c7-3-5-1-2-6(5)4-8;2*3-1-2(4)5/h5-6H,1-4,7-8H2;2*1H2,(H,4,5). The van der Waals surface area contributed by atoms with Crippen molar-refractivity contribution in [2.45, 2.75) is 12.8 Å². The molecular formula is C10H20Cl2N2O4. The minimum Gasteiger partial charge on any atom is -0.480 e. The van der Waals surface area contributed by atoms with Gasteiger partial charge in [-0.05, 0) is 37.8 Å². The van der Waals surface area contributed by atoms with Crippen molar-refractivity contribution in [1.29, 1.82) is 0 Å². The summed E-state index contributed by atoms with van der Waals surface area (Å²) in [5, 5.41) is 15.2. The van der Waals surface area contributed by atoms with Gasteiger partial charge >= 0.3 is 11.9 Å². The van der Waals surface area contributed by atoms with Gasteiger partial charge in [0.2, 0.25) is 0 Å². The molecule has 0 spiro atoms. The molecule has 0 aromatic heterocycles. The molecule has 1 fully saturated rings. The maximum atomic E-state index is 9.24. The highest BCUT2D eigenvalue weighted by atomic mass is 35.5. The second-order valence-corrected chi connectivity index (χ2v) is 4.16. The van der Waals surface area contributed by atoms with E-state index >= 15 is 0 Å². The van der Waals surface area contributed by atoms with Gasteiger partial charge in [-0.25, -0.2) is 0 Å². The van der Waals surface area contributed by atoms with Crippen LogP contribution in [-0.2, 0) is 9.59 Å². The molecule has 0 aromatic carbocycles. The Hall–Kier alpha value is -0.560. The molecule has 2 unspecified atom stereocenters. The summed E-state index contributed by atoms with van der Waals surface area (Å²) in [4.78, 5) is 18.5. The summed E-state index contributed by atoms with van der Waals surface area (Å²) in [7, 11) is 0. The smallest absolute Gasteiger partial charge is 0.318 e. The number of carboxylic acids is 2. The third kappa shape index (κ3) is 11.9. The molecule has 1 aliphatic carbocycles. The van der Waals surface area contributed by atoms with Crippen molar-refractivity contribution in [2.75, 3.05) is 24.8 Å². The molecule has 0 aliphatic heterocycles. The third-order valence-corrected chi connectivity index (χ3v) is 2.87. The van der Waals surface area contributed by atoms with E-state index in [4.69, 9.17) is 44.9 Å². The molecule has 0 bridgehead atoms. The van der Waals surface area contributed by atoms with Gasteiger partial charge < -0.3 is 21.7 Å². The monoisotopic (exact) mass is 302 g/mol. The quantitative estimate of drug-likeness (QED) is 0.562. The fourth-order valence-electron chi connectivity index (χ4n) is 1.26. The van der Waals surface area contributed by atoms with Crippen LogP contribution in [0.1, 0.15) is 12.8 Å². The van der Waals surface area contributed by atoms with Crippen LogP contribution in [0.5, 0.6) is 0 Å². The molecule has 1 rings (SSSR count). The van der Waals surface area contributed by atoms with E-state index in [0.29, 0.717) is 0 Å². The summed E-state index contributed by atoms with van der Waals surface area (Å²) >= 11 is 9.47. The van der Waals surface area contributed by atoms with Crippen molar-refractivity contribution in [1.82, 2.24) is 0 Å². The Morgan fingerprint density at radius 3 is 1.22 bits per heavy atom. The number of nitrogens with two attached hydrogens (primary N) is 2. The van der Waals surface area contributed by atoms with Gasteiger partial charge in [0.1, 0.15) is 11.8 Å². The normalized spacial score (nSPS) is 20.4. The lowest BCUT2D eigenvalue weighted by Gasteiger charge is -2.34. The van der Waals surface area contributed by atoms with E-state index < -0.39 is 11.9 Å². The molecule has 1 aliphatic rings. The molecule has 8 heteroatoms. The van der Waals surface area contributed by atoms with Crippen LogP contribution < -0.4 is 11.5 Å². The first-order valence-electron chi connectivity index (χ1n) is 5.38. The minimum atomic E-state index is -0.980. The van der Waals surface area contributed by atoms with Crippen LogP contribution in [0.4, 0.5) is 0 Å². The Bertz CT molecular complexity index is 214. The van der Waals surface area contributed by atoms with Gasteiger partial charge in [-0.1, -0.05) is 0 Å². The Morgan fingerprint density at radius 1 is 0.944 bits per heavy atom. The van der Waals surface area contributed by atoms with E-state index in [1.807, 2.05) is 0 Å². The van der Waals surface area contributed by atoms with Crippen LogP contribution in [-0.4, -0.2) is 47.0 Å². The SMILES string of the molecule is NCC1CCC1CN.O=C(O)CCl.O=C(O)CCl. The fourth-order valence-corrected chi connectivity index (χ4v) is 1.26. The average molecular weight is 303 g/mol.